The maximum atomic E-state index is 4.30. The summed E-state index contributed by atoms with van der Waals surface area (Å²) in [4.78, 5) is 6.74. The number of aryl methyl sites for hydroxylation is 1. The molecule has 0 saturated carbocycles. The highest BCUT2D eigenvalue weighted by Crippen LogP contribution is 2.08. The Labute approximate surface area is 136 Å². The van der Waals surface area contributed by atoms with Crippen LogP contribution in [0.3, 0.4) is 0 Å². The minimum Gasteiger partial charge on any atom is -0.355 e. The monoisotopic (exact) mass is 304 g/mol. The van der Waals surface area contributed by atoms with Crippen LogP contribution in [0.2, 0.25) is 0 Å². The van der Waals surface area contributed by atoms with Crippen LogP contribution < -0.4 is 10.6 Å². The molecule has 0 heterocycles. The van der Waals surface area contributed by atoms with Crippen molar-refractivity contribution in [3.63, 3.8) is 0 Å². The summed E-state index contributed by atoms with van der Waals surface area (Å²) in [5.41, 5.74) is 2.73. The number of rotatable bonds is 8. The van der Waals surface area contributed by atoms with Crippen LogP contribution in [0.15, 0.2) is 29.3 Å². The molecule has 0 spiro atoms. The van der Waals surface area contributed by atoms with E-state index in [1.54, 1.807) is 0 Å². The molecule has 0 aliphatic heterocycles. The number of guanidine groups is 1. The third-order valence-corrected chi connectivity index (χ3v) is 4.00. The fourth-order valence-corrected chi connectivity index (χ4v) is 2.57. The van der Waals surface area contributed by atoms with Crippen molar-refractivity contribution in [3.8, 4) is 0 Å². The molecule has 22 heavy (non-hydrogen) atoms. The third kappa shape index (κ3) is 6.06. The van der Waals surface area contributed by atoms with E-state index in [9.17, 15) is 0 Å². The summed E-state index contributed by atoms with van der Waals surface area (Å²) in [7, 11) is 1.82. The van der Waals surface area contributed by atoms with Gasteiger partial charge in [0, 0.05) is 32.7 Å². The second kappa shape index (κ2) is 10.2. The standard InChI is InChI=1S/C18H32N4/c1-6-16-10-8-9-11-17(16)14-21-18(19-5)20-12-13-22(7-2)15(3)4/h8-11,15H,6-7,12-14H2,1-5H3,(H2,19,20,21). The molecule has 2 N–H and O–H groups in total. The number of nitrogens with zero attached hydrogens (tertiary/aromatic N) is 2. The van der Waals surface area contributed by atoms with Crippen molar-refractivity contribution in [1.29, 1.82) is 0 Å². The van der Waals surface area contributed by atoms with E-state index in [0.29, 0.717) is 6.04 Å². The van der Waals surface area contributed by atoms with E-state index in [-0.39, 0.29) is 0 Å². The van der Waals surface area contributed by atoms with E-state index in [0.717, 1.165) is 38.6 Å². The quantitative estimate of drug-likeness (QED) is 0.573. The number of aliphatic imine (C=N–C) groups is 1. The fourth-order valence-electron chi connectivity index (χ4n) is 2.57. The van der Waals surface area contributed by atoms with E-state index in [1.165, 1.54) is 11.1 Å². The van der Waals surface area contributed by atoms with Gasteiger partial charge in [-0.15, -0.1) is 0 Å². The van der Waals surface area contributed by atoms with Gasteiger partial charge in [0.15, 0.2) is 5.96 Å². The lowest BCUT2D eigenvalue weighted by Crippen LogP contribution is -2.42. The lowest BCUT2D eigenvalue weighted by molar-refractivity contribution is 0.237. The zero-order valence-electron chi connectivity index (χ0n) is 14.8. The van der Waals surface area contributed by atoms with Gasteiger partial charge in [-0.05, 0) is 37.9 Å². The minimum absolute atomic E-state index is 0.582. The number of benzene rings is 1. The molecule has 1 rings (SSSR count). The van der Waals surface area contributed by atoms with E-state index in [2.05, 4.69) is 72.5 Å². The van der Waals surface area contributed by atoms with Gasteiger partial charge in [0.2, 0.25) is 0 Å². The lowest BCUT2D eigenvalue weighted by Gasteiger charge is -2.25. The van der Waals surface area contributed by atoms with Crippen LogP contribution >= 0.6 is 0 Å². The van der Waals surface area contributed by atoms with E-state index in [1.807, 2.05) is 7.05 Å². The summed E-state index contributed by atoms with van der Waals surface area (Å²) in [5.74, 6) is 0.866. The molecule has 1 aromatic carbocycles. The van der Waals surface area contributed by atoms with Crippen molar-refractivity contribution >= 4 is 5.96 Å². The maximum Gasteiger partial charge on any atom is 0.191 e. The number of likely N-dealkylation sites (N-methyl/N-ethyl adjacent to an activating group) is 1. The number of hydrogen-bond donors (Lipinski definition) is 2. The first kappa shape index (κ1) is 18.5. The minimum atomic E-state index is 0.582. The smallest absolute Gasteiger partial charge is 0.191 e. The summed E-state index contributed by atoms with van der Waals surface area (Å²) in [6, 6.07) is 9.14. The van der Waals surface area contributed by atoms with E-state index in [4.69, 9.17) is 0 Å². The summed E-state index contributed by atoms with van der Waals surface area (Å²) in [5, 5.41) is 6.80. The van der Waals surface area contributed by atoms with E-state index >= 15 is 0 Å². The van der Waals surface area contributed by atoms with Crippen molar-refractivity contribution in [2.24, 2.45) is 4.99 Å². The molecule has 0 unspecified atom stereocenters. The van der Waals surface area contributed by atoms with Gasteiger partial charge >= 0.3 is 0 Å². The predicted molar refractivity (Wildman–Crippen MR) is 96.4 cm³/mol. The molecule has 0 bridgehead atoms. The largest absolute Gasteiger partial charge is 0.355 e. The first-order valence-corrected chi connectivity index (χ1v) is 8.37. The Bertz CT molecular complexity index is 454. The van der Waals surface area contributed by atoms with Crippen molar-refractivity contribution in [3.05, 3.63) is 35.4 Å². The average molecular weight is 304 g/mol. The van der Waals surface area contributed by atoms with Gasteiger partial charge in [0.1, 0.15) is 0 Å². The second-order valence-electron chi connectivity index (χ2n) is 5.70. The maximum absolute atomic E-state index is 4.30. The second-order valence-corrected chi connectivity index (χ2v) is 5.70. The highest BCUT2D eigenvalue weighted by atomic mass is 15.2. The molecule has 0 aromatic heterocycles. The van der Waals surface area contributed by atoms with Gasteiger partial charge in [0.25, 0.3) is 0 Å². The molecule has 0 aliphatic rings. The van der Waals surface area contributed by atoms with Crippen LogP contribution in [-0.2, 0) is 13.0 Å². The molecule has 0 atom stereocenters. The third-order valence-electron chi connectivity index (χ3n) is 4.00. The van der Waals surface area contributed by atoms with Crippen LogP contribution in [-0.4, -0.2) is 43.6 Å². The molecular weight excluding hydrogens is 272 g/mol. The summed E-state index contributed by atoms with van der Waals surface area (Å²) in [6.45, 7) is 12.7. The van der Waals surface area contributed by atoms with Crippen molar-refractivity contribution < 1.29 is 0 Å². The highest BCUT2D eigenvalue weighted by Gasteiger charge is 2.07. The van der Waals surface area contributed by atoms with Crippen molar-refractivity contribution in [1.82, 2.24) is 15.5 Å². The molecule has 0 saturated heterocycles. The summed E-state index contributed by atoms with van der Waals surface area (Å²) in [6.07, 6.45) is 1.06. The van der Waals surface area contributed by atoms with Crippen LogP contribution in [0.5, 0.6) is 0 Å². The average Bonchev–Trinajstić information content (AvgIpc) is 2.54. The van der Waals surface area contributed by atoms with Gasteiger partial charge in [-0.25, -0.2) is 0 Å². The Kier molecular flexibility index (Phi) is 8.60. The van der Waals surface area contributed by atoms with Gasteiger partial charge in [0.05, 0.1) is 0 Å². The van der Waals surface area contributed by atoms with Gasteiger partial charge in [-0.1, -0.05) is 38.1 Å². The molecule has 124 valence electrons. The van der Waals surface area contributed by atoms with Crippen LogP contribution in [0.4, 0.5) is 0 Å². The van der Waals surface area contributed by atoms with Crippen molar-refractivity contribution in [2.45, 2.75) is 46.7 Å². The zero-order valence-corrected chi connectivity index (χ0v) is 14.8. The Morgan fingerprint density at radius 2 is 1.82 bits per heavy atom. The zero-order chi connectivity index (χ0) is 16.4. The van der Waals surface area contributed by atoms with Gasteiger partial charge < -0.3 is 10.6 Å². The summed E-state index contributed by atoms with van der Waals surface area (Å²) >= 11 is 0. The van der Waals surface area contributed by atoms with Crippen LogP contribution in [0, 0.1) is 0 Å². The predicted octanol–water partition coefficient (Wildman–Crippen LogP) is 2.64. The van der Waals surface area contributed by atoms with Crippen molar-refractivity contribution in [2.75, 3.05) is 26.7 Å². The molecule has 0 radical (unpaired) electrons. The molecule has 0 amide bonds. The Balaban J connectivity index is 2.43. The Hall–Kier alpha value is -1.55. The molecule has 0 aliphatic carbocycles. The van der Waals surface area contributed by atoms with E-state index < -0.39 is 0 Å². The first-order valence-electron chi connectivity index (χ1n) is 8.37. The fraction of sp³-hybridized carbons (Fsp3) is 0.611. The normalized spacial score (nSPS) is 12.0. The highest BCUT2D eigenvalue weighted by molar-refractivity contribution is 5.79. The lowest BCUT2D eigenvalue weighted by atomic mass is 10.1. The topological polar surface area (TPSA) is 39.7 Å². The molecule has 4 heteroatoms. The molecule has 0 fully saturated rings. The SMILES string of the molecule is CCc1ccccc1CNC(=NC)NCCN(CC)C(C)C. The number of hydrogen-bond acceptors (Lipinski definition) is 2. The van der Waals surface area contributed by atoms with Gasteiger partial charge in [-0.3, -0.25) is 9.89 Å². The number of nitrogens with one attached hydrogen (secondary N) is 2. The molecular formula is C18H32N4. The van der Waals surface area contributed by atoms with Crippen LogP contribution in [0.25, 0.3) is 0 Å². The van der Waals surface area contributed by atoms with Gasteiger partial charge in [-0.2, -0.15) is 0 Å². The summed E-state index contributed by atoms with van der Waals surface area (Å²) < 4.78 is 0. The molecule has 4 nitrogen and oxygen atoms in total. The Morgan fingerprint density at radius 1 is 1.14 bits per heavy atom. The first-order chi connectivity index (χ1) is 10.6. The van der Waals surface area contributed by atoms with Crippen LogP contribution in [0.1, 0.15) is 38.8 Å². The Morgan fingerprint density at radius 3 is 2.36 bits per heavy atom. The molecule has 1 aromatic rings.